The van der Waals surface area contributed by atoms with Crippen molar-refractivity contribution in [3.8, 4) is 0 Å². The normalized spacial score (nSPS) is 16.9. The molecular weight excluding hydrogens is 298 g/mol. The fraction of sp³-hybridized carbons (Fsp3) is 0.438. The Morgan fingerprint density at radius 1 is 1.26 bits per heavy atom. The maximum Gasteiger partial charge on any atom is 0.317 e. The highest BCUT2D eigenvalue weighted by Gasteiger charge is 2.30. The summed E-state index contributed by atoms with van der Waals surface area (Å²) in [5, 5.41) is 14.4. The van der Waals surface area contributed by atoms with E-state index in [2.05, 4.69) is 10.6 Å². The van der Waals surface area contributed by atoms with Crippen molar-refractivity contribution in [3.05, 3.63) is 29.8 Å². The van der Waals surface area contributed by atoms with Crippen molar-refractivity contribution >= 4 is 23.6 Å². The van der Waals surface area contributed by atoms with Crippen molar-refractivity contribution in [2.75, 3.05) is 25.0 Å². The van der Waals surface area contributed by atoms with Crippen molar-refractivity contribution in [2.24, 2.45) is 5.92 Å². The van der Waals surface area contributed by atoms with Gasteiger partial charge in [0.1, 0.15) is 0 Å². The van der Waals surface area contributed by atoms with Crippen molar-refractivity contribution in [1.29, 1.82) is 0 Å². The van der Waals surface area contributed by atoms with E-state index in [0.29, 0.717) is 25.9 Å². The second-order valence-corrected chi connectivity index (χ2v) is 5.63. The Morgan fingerprint density at radius 2 is 1.96 bits per heavy atom. The third-order valence-corrected chi connectivity index (χ3v) is 3.79. The number of carbonyl (C=O) groups excluding carboxylic acids is 2. The Hall–Kier alpha value is -2.57. The number of amides is 3. The van der Waals surface area contributed by atoms with Crippen LogP contribution in [0.15, 0.2) is 24.3 Å². The monoisotopic (exact) mass is 319 g/mol. The Balaban J connectivity index is 1.73. The highest BCUT2D eigenvalue weighted by Crippen LogP contribution is 2.16. The van der Waals surface area contributed by atoms with Gasteiger partial charge in [-0.25, -0.2) is 4.79 Å². The minimum Gasteiger partial charge on any atom is -0.481 e. The molecule has 0 aromatic heterocycles. The summed E-state index contributed by atoms with van der Waals surface area (Å²) in [5.74, 6) is -1.42. The fourth-order valence-corrected chi connectivity index (χ4v) is 2.53. The number of urea groups is 1. The lowest BCUT2D eigenvalue weighted by molar-refractivity contribution is -0.141. The quantitative estimate of drug-likeness (QED) is 0.762. The second kappa shape index (κ2) is 7.62. The van der Waals surface area contributed by atoms with Crippen LogP contribution in [-0.4, -0.2) is 47.5 Å². The van der Waals surface area contributed by atoms with Gasteiger partial charge in [-0.2, -0.15) is 0 Å². The zero-order valence-electron chi connectivity index (χ0n) is 13.0. The number of rotatable bonds is 5. The first-order valence-corrected chi connectivity index (χ1v) is 7.58. The van der Waals surface area contributed by atoms with Gasteiger partial charge in [0.15, 0.2) is 0 Å². The molecule has 7 nitrogen and oxygen atoms in total. The molecule has 124 valence electrons. The van der Waals surface area contributed by atoms with E-state index in [4.69, 9.17) is 5.11 Å². The van der Waals surface area contributed by atoms with E-state index in [0.717, 1.165) is 11.3 Å². The van der Waals surface area contributed by atoms with E-state index in [-0.39, 0.29) is 18.5 Å². The number of benzene rings is 1. The fourth-order valence-electron chi connectivity index (χ4n) is 2.53. The molecule has 0 aliphatic carbocycles. The SMILES string of the molecule is CC(=O)Nc1ccc(CCNC(=O)N2CCC(C(=O)O)C2)cc1. The van der Waals surface area contributed by atoms with Crippen LogP contribution < -0.4 is 10.6 Å². The maximum atomic E-state index is 12.0. The Kier molecular flexibility index (Phi) is 5.56. The minimum absolute atomic E-state index is 0.115. The van der Waals surface area contributed by atoms with Gasteiger partial charge in [0.2, 0.25) is 5.91 Å². The Labute approximate surface area is 134 Å². The zero-order chi connectivity index (χ0) is 16.8. The van der Waals surface area contributed by atoms with Crippen LogP contribution in [0.3, 0.4) is 0 Å². The van der Waals surface area contributed by atoms with Gasteiger partial charge in [-0.05, 0) is 30.5 Å². The van der Waals surface area contributed by atoms with Gasteiger partial charge in [-0.1, -0.05) is 12.1 Å². The number of carboxylic acid groups (broad SMARTS) is 1. The van der Waals surface area contributed by atoms with Gasteiger partial charge < -0.3 is 20.6 Å². The van der Waals surface area contributed by atoms with Gasteiger partial charge in [-0.15, -0.1) is 0 Å². The lowest BCUT2D eigenvalue weighted by atomic mass is 10.1. The number of hydrogen-bond donors (Lipinski definition) is 3. The molecule has 1 aliphatic rings. The molecule has 7 heteroatoms. The van der Waals surface area contributed by atoms with Crippen LogP contribution in [0.4, 0.5) is 10.5 Å². The topological polar surface area (TPSA) is 98.7 Å². The first kappa shape index (κ1) is 16.8. The van der Waals surface area contributed by atoms with Crippen molar-refractivity contribution in [1.82, 2.24) is 10.2 Å². The molecule has 1 aromatic rings. The first-order valence-electron chi connectivity index (χ1n) is 7.58. The van der Waals surface area contributed by atoms with E-state index in [1.54, 1.807) is 4.90 Å². The molecule has 0 radical (unpaired) electrons. The number of nitrogens with one attached hydrogen (secondary N) is 2. The smallest absolute Gasteiger partial charge is 0.317 e. The molecule has 1 unspecified atom stereocenters. The van der Waals surface area contributed by atoms with Crippen LogP contribution in [0.1, 0.15) is 18.9 Å². The summed E-state index contributed by atoms with van der Waals surface area (Å²) in [6, 6.07) is 7.21. The molecule has 1 aliphatic heterocycles. The van der Waals surface area contributed by atoms with Crippen LogP contribution >= 0.6 is 0 Å². The molecular formula is C16H21N3O4. The van der Waals surface area contributed by atoms with E-state index >= 15 is 0 Å². The zero-order valence-corrected chi connectivity index (χ0v) is 13.0. The Morgan fingerprint density at radius 3 is 2.52 bits per heavy atom. The molecule has 2 rings (SSSR count). The van der Waals surface area contributed by atoms with Crippen LogP contribution in [0, 0.1) is 5.92 Å². The summed E-state index contributed by atoms with van der Waals surface area (Å²) >= 11 is 0. The molecule has 1 aromatic carbocycles. The van der Waals surface area contributed by atoms with Gasteiger partial charge in [0, 0.05) is 32.2 Å². The molecule has 3 amide bonds. The average molecular weight is 319 g/mol. The van der Waals surface area contributed by atoms with Gasteiger partial charge in [-0.3, -0.25) is 9.59 Å². The molecule has 1 fully saturated rings. The Bertz CT molecular complexity index is 585. The predicted octanol–water partition coefficient (Wildman–Crippen LogP) is 1.30. The summed E-state index contributed by atoms with van der Waals surface area (Å²) in [6.45, 7) is 2.68. The standard InChI is InChI=1S/C16H21N3O4/c1-11(20)18-14-4-2-12(3-5-14)6-8-17-16(23)19-9-7-13(10-19)15(21)22/h2-5,13H,6-10H2,1H3,(H,17,23)(H,18,20)(H,21,22). The largest absolute Gasteiger partial charge is 0.481 e. The number of likely N-dealkylation sites (tertiary alicyclic amines) is 1. The molecule has 23 heavy (non-hydrogen) atoms. The molecule has 1 atom stereocenters. The van der Waals surface area contributed by atoms with E-state index in [9.17, 15) is 14.4 Å². The van der Waals surface area contributed by atoms with Crippen molar-refractivity contribution in [3.63, 3.8) is 0 Å². The second-order valence-electron chi connectivity index (χ2n) is 5.63. The van der Waals surface area contributed by atoms with Crippen LogP contribution in [0.2, 0.25) is 0 Å². The lowest BCUT2D eigenvalue weighted by Crippen LogP contribution is -2.39. The van der Waals surface area contributed by atoms with Crippen molar-refractivity contribution in [2.45, 2.75) is 19.8 Å². The number of carboxylic acids is 1. The van der Waals surface area contributed by atoms with Gasteiger partial charge >= 0.3 is 12.0 Å². The van der Waals surface area contributed by atoms with E-state index in [1.165, 1.54) is 6.92 Å². The van der Waals surface area contributed by atoms with Crippen LogP contribution in [0.5, 0.6) is 0 Å². The lowest BCUT2D eigenvalue weighted by Gasteiger charge is -2.16. The molecule has 0 spiro atoms. The predicted molar refractivity (Wildman–Crippen MR) is 85.2 cm³/mol. The number of anilines is 1. The maximum absolute atomic E-state index is 12.0. The van der Waals surface area contributed by atoms with Crippen LogP contribution in [-0.2, 0) is 16.0 Å². The van der Waals surface area contributed by atoms with Gasteiger partial charge in [0.25, 0.3) is 0 Å². The summed E-state index contributed by atoms with van der Waals surface area (Å²) in [5.41, 5.74) is 1.78. The average Bonchev–Trinajstić information content (AvgIpc) is 2.98. The summed E-state index contributed by atoms with van der Waals surface area (Å²) < 4.78 is 0. The van der Waals surface area contributed by atoms with Crippen LogP contribution in [0.25, 0.3) is 0 Å². The number of hydrogen-bond acceptors (Lipinski definition) is 3. The number of aliphatic carboxylic acids is 1. The minimum atomic E-state index is -0.848. The molecule has 1 heterocycles. The third-order valence-electron chi connectivity index (χ3n) is 3.79. The summed E-state index contributed by atoms with van der Waals surface area (Å²) in [6.07, 6.45) is 1.18. The molecule has 1 saturated heterocycles. The summed E-state index contributed by atoms with van der Waals surface area (Å²) in [7, 11) is 0. The van der Waals surface area contributed by atoms with Crippen molar-refractivity contribution < 1.29 is 19.5 Å². The number of nitrogens with zero attached hydrogens (tertiary/aromatic N) is 1. The van der Waals surface area contributed by atoms with E-state index < -0.39 is 11.9 Å². The highest BCUT2D eigenvalue weighted by molar-refractivity contribution is 5.88. The van der Waals surface area contributed by atoms with Gasteiger partial charge in [0.05, 0.1) is 5.92 Å². The molecule has 3 N–H and O–H groups in total. The number of carbonyl (C=O) groups is 3. The third kappa shape index (κ3) is 4.98. The molecule has 0 bridgehead atoms. The molecule has 0 saturated carbocycles. The summed E-state index contributed by atoms with van der Waals surface area (Å²) in [4.78, 5) is 35.3. The first-order chi connectivity index (χ1) is 11.0. The van der Waals surface area contributed by atoms with E-state index in [1.807, 2.05) is 24.3 Å². The highest BCUT2D eigenvalue weighted by atomic mass is 16.4.